The van der Waals surface area contributed by atoms with Gasteiger partial charge >= 0.3 is 5.97 Å². The van der Waals surface area contributed by atoms with Crippen LogP contribution in [0.15, 0.2) is 5.38 Å². The number of aliphatic carboxylic acids is 1. The van der Waals surface area contributed by atoms with E-state index in [4.69, 9.17) is 5.11 Å². The molecule has 100 valence electrons. The minimum atomic E-state index is -0.666. The normalized spacial score (nSPS) is 21.4. The van der Waals surface area contributed by atoms with E-state index in [2.05, 4.69) is 29.1 Å². The second kappa shape index (κ2) is 5.80. The minimum Gasteiger partial charge on any atom is -0.481 e. The molecule has 18 heavy (non-hydrogen) atoms. The highest BCUT2D eigenvalue weighted by atomic mass is 32.1. The molecule has 0 aromatic carbocycles. The lowest BCUT2D eigenvalue weighted by Crippen LogP contribution is -2.38. The van der Waals surface area contributed by atoms with Crippen molar-refractivity contribution in [2.45, 2.75) is 39.2 Å². The lowest BCUT2D eigenvalue weighted by molar-refractivity contribution is -0.143. The van der Waals surface area contributed by atoms with Gasteiger partial charge in [0.1, 0.15) is 0 Å². The van der Waals surface area contributed by atoms with Crippen LogP contribution < -0.4 is 0 Å². The Hall–Kier alpha value is -0.940. The maximum absolute atomic E-state index is 11.0. The van der Waals surface area contributed by atoms with Gasteiger partial charge in [0.25, 0.3) is 0 Å². The fraction of sp³-hybridized carbons (Fsp3) is 0.692. The summed E-state index contributed by atoms with van der Waals surface area (Å²) in [6, 6.07) is 0. The van der Waals surface area contributed by atoms with E-state index in [9.17, 15) is 4.79 Å². The second-order valence-corrected chi connectivity index (χ2v) is 6.13. The van der Waals surface area contributed by atoms with Gasteiger partial charge in [-0.15, -0.1) is 11.3 Å². The predicted octanol–water partition coefficient (Wildman–Crippen LogP) is 2.56. The number of hydrogen-bond donors (Lipinski definition) is 1. The van der Waals surface area contributed by atoms with E-state index in [1.807, 2.05) is 0 Å². The van der Waals surface area contributed by atoms with Gasteiger partial charge in [0.2, 0.25) is 0 Å². The molecule has 5 heteroatoms. The monoisotopic (exact) mass is 268 g/mol. The number of aromatic nitrogens is 1. The van der Waals surface area contributed by atoms with E-state index in [1.165, 1.54) is 0 Å². The molecule has 0 aliphatic carbocycles. The zero-order valence-corrected chi connectivity index (χ0v) is 11.7. The first-order valence-electron chi connectivity index (χ1n) is 6.45. The van der Waals surface area contributed by atoms with Crippen LogP contribution in [-0.4, -0.2) is 34.0 Å². The molecule has 1 aliphatic heterocycles. The van der Waals surface area contributed by atoms with Crippen molar-refractivity contribution < 1.29 is 9.90 Å². The Kier molecular flexibility index (Phi) is 4.35. The van der Waals surface area contributed by atoms with Gasteiger partial charge < -0.3 is 5.11 Å². The number of likely N-dealkylation sites (tertiary alicyclic amines) is 1. The van der Waals surface area contributed by atoms with Crippen molar-refractivity contribution in [1.29, 1.82) is 0 Å². The fourth-order valence-electron chi connectivity index (χ4n) is 2.29. The summed E-state index contributed by atoms with van der Waals surface area (Å²) in [5.74, 6) is -0.403. The highest BCUT2D eigenvalue weighted by Crippen LogP contribution is 2.22. The second-order valence-electron chi connectivity index (χ2n) is 5.24. The van der Waals surface area contributed by atoms with E-state index in [1.54, 1.807) is 11.3 Å². The Labute approximate surface area is 112 Å². The molecular weight excluding hydrogens is 248 g/mol. The van der Waals surface area contributed by atoms with Crippen molar-refractivity contribution >= 4 is 17.3 Å². The molecule has 2 heterocycles. The zero-order valence-electron chi connectivity index (χ0n) is 10.9. The van der Waals surface area contributed by atoms with Gasteiger partial charge in [-0.05, 0) is 19.4 Å². The number of piperidine rings is 1. The van der Waals surface area contributed by atoms with Crippen LogP contribution in [0.1, 0.15) is 43.3 Å². The maximum atomic E-state index is 11.0. The summed E-state index contributed by atoms with van der Waals surface area (Å²) >= 11 is 1.70. The van der Waals surface area contributed by atoms with E-state index < -0.39 is 5.97 Å². The first kappa shape index (κ1) is 13.5. The highest BCUT2D eigenvalue weighted by Gasteiger charge is 2.25. The third-order valence-electron chi connectivity index (χ3n) is 3.30. The van der Waals surface area contributed by atoms with Crippen LogP contribution in [0.5, 0.6) is 0 Å². The molecule has 1 aliphatic rings. The molecule has 0 amide bonds. The number of carboxylic acids is 1. The standard InChI is InChI=1S/C13H20N2O2S/c1-9(2)12-14-11(8-18-12)7-15-5-3-4-10(6-15)13(16)17/h8-10H,3-7H2,1-2H3,(H,16,17)/t10-/m0/s1. The average Bonchev–Trinajstić information content (AvgIpc) is 2.78. The third-order valence-corrected chi connectivity index (χ3v) is 4.50. The molecule has 0 bridgehead atoms. The first-order valence-corrected chi connectivity index (χ1v) is 7.33. The highest BCUT2D eigenvalue weighted by molar-refractivity contribution is 7.09. The molecule has 2 rings (SSSR count). The number of carboxylic acid groups (broad SMARTS) is 1. The van der Waals surface area contributed by atoms with E-state index in [0.717, 1.165) is 36.6 Å². The van der Waals surface area contributed by atoms with Gasteiger partial charge in [-0.2, -0.15) is 0 Å². The van der Waals surface area contributed by atoms with Crippen molar-refractivity contribution in [3.05, 3.63) is 16.1 Å². The Bertz CT molecular complexity index is 417. The summed E-state index contributed by atoms with van der Waals surface area (Å²) in [7, 11) is 0. The predicted molar refractivity (Wildman–Crippen MR) is 71.8 cm³/mol. The summed E-state index contributed by atoms with van der Waals surface area (Å²) in [5.41, 5.74) is 1.08. The molecule has 4 nitrogen and oxygen atoms in total. The molecular formula is C13H20N2O2S. The Morgan fingerprint density at radius 3 is 3.06 bits per heavy atom. The summed E-state index contributed by atoms with van der Waals surface area (Å²) in [4.78, 5) is 17.8. The van der Waals surface area contributed by atoms with Crippen molar-refractivity contribution in [2.24, 2.45) is 5.92 Å². The topological polar surface area (TPSA) is 53.4 Å². The van der Waals surface area contributed by atoms with Gasteiger partial charge in [-0.25, -0.2) is 4.98 Å². The lowest BCUT2D eigenvalue weighted by Gasteiger charge is -2.29. The lowest BCUT2D eigenvalue weighted by atomic mass is 9.98. The van der Waals surface area contributed by atoms with Gasteiger partial charge in [-0.1, -0.05) is 13.8 Å². The molecule has 0 unspecified atom stereocenters. The zero-order chi connectivity index (χ0) is 13.1. The quantitative estimate of drug-likeness (QED) is 0.912. The van der Waals surface area contributed by atoms with E-state index >= 15 is 0 Å². The van der Waals surface area contributed by atoms with Crippen LogP contribution in [0.25, 0.3) is 0 Å². The van der Waals surface area contributed by atoms with Crippen LogP contribution in [0.2, 0.25) is 0 Å². The molecule has 0 radical (unpaired) electrons. The number of carbonyl (C=O) groups is 1. The number of nitrogens with zero attached hydrogens (tertiary/aromatic N) is 2. The molecule has 1 aromatic rings. The Balaban J connectivity index is 1.94. The van der Waals surface area contributed by atoms with Crippen LogP contribution in [0, 0.1) is 5.92 Å². The van der Waals surface area contributed by atoms with Crippen molar-refractivity contribution in [3.63, 3.8) is 0 Å². The van der Waals surface area contributed by atoms with E-state index in [0.29, 0.717) is 12.5 Å². The average molecular weight is 268 g/mol. The number of hydrogen-bond acceptors (Lipinski definition) is 4. The largest absolute Gasteiger partial charge is 0.481 e. The SMILES string of the molecule is CC(C)c1nc(CN2CCC[C@H](C(=O)O)C2)cs1. The molecule has 1 N–H and O–H groups in total. The molecule has 1 saturated heterocycles. The van der Waals surface area contributed by atoms with Crippen LogP contribution in [0.4, 0.5) is 0 Å². The first-order chi connectivity index (χ1) is 8.56. The number of thiazole rings is 1. The maximum Gasteiger partial charge on any atom is 0.307 e. The minimum absolute atomic E-state index is 0.207. The molecule has 0 spiro atoms. The van der Waals surface area contributed by atoms with Gasteiger partial charge in [0, 0.05) is 24.4 Å². The summed E-state index contributed by atoms with van der Waals surface area (Å²) < 4.78 is 0. The third kappa shape index (κ3) is 3.29. The number of rotatable bonds is 4. The molecule has 1 fully saturated rings. The van der Waals surface area contributed by atoms with Crippen LogP contribution in [0.3, 0.4) is 0 Å². The summed E-state index contributed by atoms with van der Waals surface area (Å²) in [6.07, 6.45) is 1.78. The van der Waals surface area contributed by atoms with Gasteiger partial charge in [0.05, 0.1) is 16.6 Å². The molecule has 1 atom stereocenters. The Morgan fingerprint density at radius 2 is 2.44 bits per heavy atom. The van der Waals surface area contributed by atoms with Crippen LogP contribution >= 0.6 is 11.3 Å². The molecule has 1 aromatic heterocycles. The van der Waals surface area contributed by atoms with Crippen LogP contribution in [-0.2, 0) is 11.3 Å². The van der Waals surface area contributed by atoms with Crippen molar-refractivity contribution in [2.75, 3.05) is 13.1 Å². The molecule has 0 saturated carbocycles. The summed E-state index contributed by atoms with van der Waals surface area (Å²) in [5, 5.41) is 12.3. The Morgan fingerprint density at radius 1 is 1.67 bits per heavy atom. The van der Waals surface area contributed by atoms with Crippen molar-refractivity contribution in [1.82, 2.24) is 9.88 Å². The fourth-order valence-corrected chi connectivity index (χ4v) is 3.12. The van der Waals surface area contributed by atoms with Crippen molar-refractivity contribution in [3.8, 4) is 0 Å². The van der Waals surface area contributed by atoms with Gasteiger partial charge in [-0.3, -0.25) is 9.69 Å². The summed E-state index contributed by atoms with van der Waals surface area (Å²) in [6.45, 7) is 6.71. The van der Waals surface area contributed by atoms with Gasteiger partial charge in [0.15, 0.2) is 0 Å². The van der Waals surface area contributed by atoms with E-state index in [-0.39, 0.29) is 5.92 Å². The smallest absolute Gasteiger partial charge is 0.307 e.